The van der Waals surface area contributed by atoms with Crippen LogP contribution in [-0.2, 0) is 27.5 Å². The molecule has 4 rings (SSSR count). The molecule has 3 aromatic rings. The largest absolute Gasteiger partial charge is 0.306 e. The lowest BCUT2D eigenvalue weighted by atomic mass is 10.1. The number of sulfone groups is 1. The molecule has 1 aromatic heterocycles. The highest BCUT2D eigenvalue weighted by Crippen LogP contribution is 2.33. The minimum Gasteiger partial charge on any atom is -0.306 e. The predicted octanol–water partition coefficient (Wildman–Crippen LogP) is 4.11. The zero-order chi connectivity index (χ0) is 23.8. The molecule has 1 N–H and O–H groups in total. The van der Waals surface area contributed by atoms with Crippen LogP contribution in [0.5, 0.6) is 0 Å². The highest BCUT2D eigenvalue weighted by molar-refractivity contribution is 7.91. The third-order valence-corrected chi connectivity index (χ3v) is 8.27. The SMILES string of the molecule is CCS(=O)(=O)c1ccc(CC(=O)Nc2nc3c(s2)C(=O)N(c2ccccc2Cl)CC3)c(F)c1. The van der Waals surface area contributed by atoms with Gasteiger partial charge in [0.1, 0.15) is 10.7 Å². The molecule has 2 aromatic carbocycles. The first kappa shape index (κ1) is 23.3. The van der Waals surface area contributed by atoms with Crippen LogP contribution in [0.2, 0.25) is 5.02 Å². The smallest absolute Gasteiger partial charge is 0.270 e. The van der Waals surface area contributed by atoms with Crippen molar-refractivity contribution in [2.24, 2.45) is 0 Å². The molecule has 1 aliphatic heterocycles. The van der Waals surface area contributed by atoms with Gasteiger partial charge in [-0.25, -0.2) is 17.8 Å². The summed E-state index contributed by atoms with van der Waals surface area (Å²) in [7, 11) is -3.54. The highest BCUT2D eigenvalue weighted by atomic mass is 35.5. The van der Waals surface area contributed by atoms with Gasteiger partial charge in [-0.05, 0) is 29.8 Å². The standard InChI is InChI=1S/C22H19ClFN3O4S2/c1-2-33(30,31)14-8-7-13(16(24)12-14)11-19(28)26-22-25-17-9-10-27(21(29)20(17)32-22)18-6-4-3-5-15(18)23/h3-8,12H,2,9-11H2,1H3,(H,25,26,28). The van der Waals surface area contributed by atoms with Crippen molar-refractivity contribution >= 4 is 55.4 Å². The molecule has 0 unspecified atom stereocenters. The minimum absolute atomic E-state index is 0.0600. The lowest BCUT2D eigenvalue weighted by Gasteiger charge is -2.26. The number of carbonyl (C=O) groups is 2. The zero-order valence-electron chi connectivity index (χ0n) is 17.5. The Hall–Kier alpha value is -2.82. The summed E-state index contributed by atoms with van der Waals surface area (Å²) >= 11 is 7.28. The number of nitrogens with one attached hydrogen (secondary N) is 1. The fraction of sp³-hybridized carbons (Fsp3) is 0.227. The molecule has 0 aliphatic carbocycles. The number of thiazole rings is 1. The molecular formula is C22H19ClFN3O4S2. The van der Waals surface area contributed by atoms with Crippen molar-refractivity contribution in [1.29, 1.82) is 0 Å². The van der Waals surface area contributed by atoms with Gasteiger partial charge < -0.3 is 10.2 Å². The first-order valence-electron chi connectivity index (χ1n) is 10.1. The molecule has 2 amide bonds. The van der Waals surface area contributed by atoms with Crippen molar-refractivity contribution in [3.8, 4) is 0 Å². The van der Waals surface area contributed by atoms with Gasteiger partial charge in [0.15, 0.2) is 15.0 Å². The quantitative estimate of drug-likeness (QED) is 0.541. The molecule has 0 bridgehead atoms. The first-order chi connectivity index (χ1) is 15.7. The van der Waals surface area contributed by atoms with E-state index >= 15 is 0 Å². The fourth-order valence-corrected chi connectivity index (χ4v) is 5.56. The Morgan fingerprint density at radius 3 is 2.73 bits per heavy atom. The van der Waals surface area contributed by atoms with E-state index in [0.29, 0.717) is 34.2 Å². The molecule has 0 fully saturated rings. The average molecular weight is 508 g/mol. The van der Waals surface area contributed by atoms with Crippen molar-refractivity contribution in [3.05, 3.63) is 69.4 Å². The summed E-state index contributed by atoms with van der Waals surface area (Å²) < 4.78 is 38.2. The second-order valence-electron chi connectivity index (χ2n) is 7.33. The van der Waals surface area contributed by atoms with Gasteiger partial charge in [0.05, 0.1) is 33.5 Å². The van der Waals surface area contributed by atoms with E-state index in [-0.39, 0.29) is 33.7 Å². The monoisotopic (exact) mass is 507 g/mol. The van der Waals surface area contributed by atoms with Crippen LogP contribution in [0.15, 0.2) is 47.4 Å². The number of para-hydroxylation sites is 1. The van der Waals surface area contributed by atoms with E-state index in [2.05, 4.69) is 10.3 Å². The fourth-order valence-electron chi connectivity index (χ4n) is 3.45. The van der Waals surface area contributed by atoms with Crippen molar-refractivity contribution < 1.29 is 22.4 Å². The number of rotatable bonds is 6. The first-order valence-corrected chi connectivity index (χ1v) is 12.9. The lowest BCUT2D eigenvalue weighted by Crippen LogP contribution is -2.37. The predicted molar refractivity (Wildman–Crippen MR) is 125 cm³/mol. The highest BCUT2D eigenvalue weighted by Gasteiger charge is 2.30. The normalized spacial score (nSPS) is 13.7. The second kappa shape index (κ2) is 9.20. The summed E-state index contributed by atoms with van der Waals surface area (Å²) in [5, 5.41) is 3.31. The number of hydrogen-bond acceptors (Lipinski definition) is 6. The Labute approximate surface area is 199 Å². The van der Waals surface area contributed by atoms with Crippen LogP contribution in [0, 0.1) is 5.82 Å². The van der Waals surface area contributed by atoms with E-state index < -0.39 is 21.6 Å². The van der Waals surface area contributed by atoms with Crippen LogP contribution in [0.4, 0.5) is 15.2 Å². The molecule has 7 nitrogen and oxygen atoms in total. The van der Waals surface area contributed by atoms with Crippen molar-refractivity contribution in [3.63, 3.8) is 0 Å². The van der Waals surface area contributed by atoms with Gasteiger partial charge in [-0.15, -0.1) is 0 Å². The molecule has 1 aliphatic rings. The number of fused-ring (bicyclic) bond motifs is 1. The number of nitrogens with zero attached hydrogens (tertiary/aromatic N) is 2. The Morgan fingerprint density at radius 2 is 2.03 bits per heavy atom. The molecule has 0 saturated heterocycles. The summed E-state index contributed by atoms with van der Waals surface area (Å²) in [6, 6.07) is 10.5. The Balaban J connectivity index is 1.47. The van der Waals surface area contributed by atoms with E-state index in [0.717, 1.165) is 17.4 Å². The summed E-state index contributed by atoms with van der Waals surface area (Å²) in [6.07, 6.45) is 0.197. The lowest BCUT2D eigenvalue weighted by molar-refractivity contribution is -0.115. The minimum atomic E-state index is -3.54. The average Bonchev–Trinajstić information content (AvgIpc) is 3.19. The molecule has 2 heterocycles. The van der Waals surface area contributed by atoms with Gasteiger partial charge in [-0.3, -0.25) is 9.59 Å². The number of halogens is 2. The Morgan fingerprint density at radius 1 is 1.27 bits per heavy atom. The maximum absolute atomic E-state index is 14.4. The number of anilines is 2. The topological polar surface area (TPSA) is 96.4 Å². The number of carbonyl (C=O) groups excluding carboxylic acids is 2. The summed E-state index contributed by atoms with van der Waals surface area (Å²) in [5.41, 5.74) is 1.26. The molecular weight excluding hydrogens is 489 g/mol. The number of amides is 2. The van der Waals surface area contributed by atoms with E-state index in [1.165, 1.54) is 19.1 Å². The van der Waals surface area contributed by atoms with Gasteiger partial charge in [0, 0.05) is 13.0 Å². The van der Waals surface area contributed by atoms with E-state index in [9.17, 15) is 22.4 Å². The van der Waals surface area contributed by atoms with E-state index in [4.69, 9.17) is 11.6 Å². The number of hydrogen-bond donors (Lipinski definition) is 1. The van der Waals surface area contributed by atoms with Crippen LogP contribution in [0.1, 0.15) is 27.9 Å². The van der Waals surface area contributed by atoms with Crippen molar-refractivity contribution in [1.82, 2.24) is 4.98 Å². The van der Waals surface area contributed by atoms with Gasteiger partial charge in [-0.2, -0.15) is 0 Å². The molecule has 0 radical (unpaired) electrons. The maximum Gasteiger partial charge on any atom is 0.270 e. The third-order valence-electron chi connectivity index (χ3n) is 5.21. The van der Waals surface area contributed by atoms with E-state index in [1.807, 2.05) is 0 Å². The molecule has 172 valence electrons. The molecule has 11 heteroatoms. The number of aromatic nitrogens is 1. The maximum atomic E-state index is 14.4. The Kier molecular flexibility index (Phi) is 6.51. The molecule has 33 heavy (non-hydrogen) atoms. The number of benzene rings is 2. The molecule has 0 atom stereocenters. The van der Waals surface area contributed by atoms with Crippen molar-refractivity contribution in [2.75, 3.05) is 22.5 Å². The van der Waals surface area contributed by atoms with Gasteiger partial charge in [0.25, 0.3) is 5.91 Å². The van der Waals surface area contributed by atoms with E-state index in [1.54, 1.807) is 29.2 Å². The molecule has 0 spiro atoms. The summed E-state index contributed by atoms with van der Waals surface area (Å²) in [4.78, 5) is 31.6. The van der Waals surface area contributed by atoms with Crippen LogP contribution < -0.4 is 10.2 Å². The molecule has 0 saturated carbocycles. The van der Waals surface area contributed by atoms with Crippen molar-refractivity contribution in [2.45, 2.75) is 24.7 Å². The summed E-state index contributed by atoms with van der Waals surface area (Å²) in [6.45, 7) is 1.88. The van der Waals surface area contributed by atoms with Gasteiger partial charge in [0.2, 0.25) is 5.91 Å². The van der Waals surface area contributed by atoms with Gasteiger partial charge in [-0.1, -0.05) is 48.1 Å². The van der Waals surface area contributed by atoms with Crippen LogP contribution in [0.3, 0.4) is 0 Å². The summed E-state index contributed by atoms with van der Waals surface area (Å²) in [5.74, 6) is -1.69. The second-order valence-corrected chi connectivity index (χ2v) is 11.0. The Bertz CT molecular complexity index is 1360. The van der Waals surface area contributed by atoms with Crippen LogP contribution in [0.25, 0.3) is 0 Å². The van der Waals surface area contributed by atoms with Crippen LogP contribution >= 0.6 is 22.9 Å². The third kappa shape index (κ3) is 4.78. The zero-order valence-corrected chi connectivity index (χ0v) is 19.9. The van der Waals surface area contributed by atoms with Crippen LogP contribution in [-0.4, -0.2) is 37.5 Å². The van der Waals surface area contributed by atoms with Gasteiger partial charge >= 0.3 is 0 Å².